The Labute approximate surface area is 79.4 Å². The second-order valence-electron chi connectivity index (χ2n) is 0.471. The fourth-order valence-corrected chi connectivity index (χ4v) is 0. The summed E-state index contributed by atoms with van der Waals surface area (Å²) in [6.07, 6.45) is 1.25. The molecule has 0 unspecified atom stereocenters. The molecule has 48 valence electrons. The molecule has 0 aliphatic rings. The fraction of sp³-hybridized carbons (Fsp3) is 0. The molecule has 0 N–H and O–H groups in total. The van der Waals surface area contributed by atoms with E-state index in [1.165, 1.54) is 6.08 Å². The van der Waals surface area contributed by atoms with Gasteiger partial charge in [-0.1, -0.05) is 0 Å². The van der Waals surface area contributed by atoms with E-state index in [4.69, 9.17) is 0 Å². The molecule has 0 rings (SSSR count). The normalized spacial score (nSPS) is 4.86. The van der Waals surface area contributed by atoms with Crippen molar-refractivity contribution >= 4 is 4.00 Å². The Balaban J connectivity index is -0.0000000800. The summed E-state index contributed by atoms with van der Waals surface area (Å²) in [5.74, 6) is 0. The molecule has 4 heteroatoms. The van der Waals surface area contributed by atoms with E-state index in [2.05, 4.69) is 6.58 Å². The monoisotopic (exact) mass is 408 g/mol. The molecule has 0 spiro atoms. The molecule has 0 aromatic heterocycles. The third-order valence-electron chi connectivity index (χ3n) is 0.145. The van der Waals surface area contributed by atoms with Crippen LogP contribution in [-0.2, 0) is 63.4 Å². The van der Waals surface area contributed by atoms with Gasteiger partial charge >= 0.3 is 42.5 Å². The molecular formula is C3H3AuMoNiO. The van der Waals surface area contributed by atoms with E-state index < -0.39 is 0 Å². The van der Waals surface area contributed by atoms with Gasteiger partial charge in [0.15, 0.2) is 0 Å². The van der Waals surface area contributed by atoms with Gasteiger partial charge in [0, 0.05) is 37.6 Å². The van der Waals surface area contributed by atoms with Crippen molar-refractivity contribution < 1.29 is 63.4 Å². The van der Waals surface area contributed by atoms with Gasteiger partial charge in [-0.05, 0) is 0 Å². The number of hydrogen-bond acceptors (Lipinski definition) is 1. The van der Waals surface area contributed by atoms with Gasteiger partial charge < -0.3 is 0 Å². The first kappa shape index (κ1) is 15.8. The molecule has 7 heavy (non-hydrogen) atoms. The number of allylic oxidation sites excluding steroid dienone is 1. The maximum Gasteiger partial charge on any atom is 0 e. The van der Waals surface area contributed by atoms with Gasteiger partial charge in [0.05, 0.1) is 0 Å². The molecule has 0 aromatic rings. The molecule has 0 heterocycles. The van der Waals surface area contributed by atoms with E-state index in [9.17, 15) is 4.79 Å². The van der Waals surface area contributed by atoms with Crippen LogP contribution in [0.25, 0.3) is 0 Å². The smallest absolute Gasteiger partial charge is 0 e. The van der Waals surface area contributed by atoms with Crippen molar-refractivity contribution in [2.75, 3.05) is 0 Å². The summed E-state index contributed by atoms with van der Waals surface area (Å²) in [6, 6.07) is 0. The molecule has 0 amide bonds. The second-order valence-corrected chi connectivity index (χ2v) is 1.54. The maximum atomic E-state index is 9.67. The van der Waals surface area contributed by atoms with Gasteiger partial charge in [0.25, 0.3) is 0 Å². The second kappa shape index (κ2) is 10.3. The Morgan fingerprint density at radius 2 is 1.86 bits per heavy atom. The minimum absolute atomic E-state index is 0. The van der Waals surface area contributed by atoms with Gasteiger partial charge in [-0.2, -0.15) is 0 Å². The molecule has 0 aromatic carbocycles. The quantitative estimate of drug-likeness (QED) is 0.450. The minimum Gasteiger partial charge on any atom is 0 e. The van der Waals surface area contributed by atoms with Crippen molar-refractivity contribution in [1.29, 1.82) is 0 Å². The summed E-state index contributed by atoms with van der Waals surface area (Å²) in [6.45, 7) is 3.20. The van der Waals surface area contributed by atoms with Crippen LogP contribution in [0.5, 0.6) is 0 Å². The Morgan fingerprint density at radius 1 is 1.71 bits per heavy atom. The molecule has 0 aliphatic carbocycles. The predicted octanol–water partition coefficient (Wildman–Crippen LogP) is 0.241. The average Bonchev–Trinajstić information content (AvgIpc) is 1.38. The molecular weight excluding hydrogens is 404 g/mol. The van der Waals surface area contributed by atoms with Crippen LogP contribution in [0.4, 0.5) is 0 Å². The zero-order valence-corrected chi connectivity index (χ0v) is 8.38. The van der Waals surface area contributed by atoms with Crippen LogP contribution in [0.2, 0.25) is 0 Å². The summed E-state index contributed by atoms with van der Waals surface area (Å²) >= 11 is 1.81. The van der Waals surface area contributed by atoms with Crippen LogP contribution in [0, 0.1) is 0 Å². The topological polar surface area (TPSA) is 17.1 Å². The summed E-state index contributed by atoms with van der Waals surface area (Å²) in [7, 11) is 0. The summed E-state index contributed by atoms with van der Waals surface area (Å²) in [5.41, 5.74) is 0. The van der Waals surface area contributed by atoms with E-state index in [1.54, 1.807) is 21.1 Å². The van der Waals surface area contributed by atoms with Gasteiger partial charge in [-0.3, -0.25) is 0 Å². The zero-order chi connectivity index (χ0) is 4.28. The van der Waals surface area contributed by atoms with Crippen molar-refractivity contribution in [3.05, 3.63) is 12.7 Å². The first-order chi connectivity index (χ1) is 2.27. The molecule has 0 saturated carbocycles. The number of rotatable bonds is 1. The van der Waals surface area contributed by atoms with Crippen LogP contribution in [-0.4, -0.2) is 4.00 Å². The Morgan fingerprint density at radius 3 is 1.86 bits per heavy atom. The van der Waals surface area contributed by atoms with E-state index in [0.29, 0.717) is 0 Å². The van der Waals surface area contributed by atoms with Gasteiger partial charge in [-0.15, -0.1) is 0 Å². The summed E-state index contributed by atoms with van der Waals surface area (Å²) in [4.78, 5) is 9.67. The van der Waals surface area contributed by atoms with Crippen molar-refractivity contribution in [3.8, 4) is 0 Å². The van der Waals surface area contributed by atoms with Crippen molar-refractivity contribution in [1.82, 2.24) is 0 Å². The van der Waals surface area contributed by atoms with Gasteiger partial charge in [0.1, 0.15) is 0 Å². The van der Waals surface area contributed by atoms with Crippen LogP contribution in [0.3, 0.4) is 0 Å². The Kier molecular flexibility index (Phi) is 23.3. The van der Waals surface area contributed by atoms with Crippen molar-refractivity contribution in [3.63, 3.8) is 0 Å². The molecule has 0 saturated heterocycles. The van der Waals surface area contributed by atoms with Crippen LogP contribution >= 0.6 is 0 Å². The first-order valence-electron chi connectivity index (χ1n) is 1.05. The van der Waals surface area contributed by atoms with E-state index in [1.807, 2.05) is 0 Å². The Hall–Kier alpha value is 1.33. The third-order valence-corrected chi connectivity index (χ3v) is 0.587. The van der Waals surface area contributed by atoms with Crippen LogP contribution in [0.1, 0.15) is 0 Å². The molecule has 0 aliphatic heterocycles. The first-order valence-corrected chi connectivity index (χ1v) is 2.14. The zero-order valence-electron chi connectivity index (χ0n) is 3.22. The van der Waals surface area contributed by atoms with E-state index in [-0.39, 0.29) is 41.6 Å². The number of hydrogen-bond donors (Lipinski definition) is 0. The van der Waals surface area contributed by atoms with Crippen molar-refractivity contribution in [2.24, 2.45) is 0 Å². The molecule has 0 atom stereocenters. The fourth-order valence-electron chi connectivity index (χ4n) is 0. The molecule has 0 radical (unpaired) electrons. The molecule has 0 bridgehead atoms. The number of carbonyl (C=O) groups excluding carboxylic acids is 1. The largest absolute Gasteiger partial charge is 0 e. The maximum absolute atomic E-state index is 9.67. The van der Waals surface area contributed by atoms with Crippen molar-refractivity contribution in [2.45, 2.75) is 0 Å². The molecule has 1 nitrogen and oxygen atoms in total. The van der Waals surface area contributed by atoms with Gasteiger partial charge in [0.2, 0.25) is 0 Å². The minimum atomic E-state index is -0.0370. The van der Waals surface area contributed by atoms with Crippen LogP contribution < -0.4 is 0 Å². The SMILES string of the molecule is C=C[C](=O)[Au].[Mo].[Ni]. The van der Waals surface area contributed by atoms with E-state index in [0.717, 1.165) is 0 Å². The third kappa shape index (κ3) is 18.8. The predicted molar refractivity (Wildman–Crippen MR) is 15.2 cm³/mol. The number of carbonyl (C=O) groups is 1. The van der Waals surface area contributed by atoms with Crippen LogP contribution in [0.15, 0.2) is 12.7 Å². The molecule has 0 fully saturated rings. The Bertz CT molecular complexity index is 66.0. The summed E-state index contributed by atoms with van der Waals surface area (Å²) in [5, 5.41) is 0. The summed E-state index contributed by atoms with van der Waals surface area (Å²) < 4.78 is -0.0370. The average molecular weight is 407 g/mol. The standard InChI is InChI=1S/C3H3O.Au.Mo.Ni/c1-2-3-4;;;/h2H,1H2;;;. The van der Waals surface area contributed by atoms with Gasteiger partial charge in [-0.25, -0.2) is 0 Å². The van der Waals surface area contributed by atoms with E-state index >= 15 is 0 Å².